The minimum Gasteiger partial charge on any atom is -0.354 e. The van der Waals surface area contributed by atoms with Gasteiger partial charge in [-0.25, -0.2) is 0 Å². The Morgan fingerprint density at radius 3 is 2.90 bits per heavy atom. The van der Waals surface area contributed by atoms with E-state index in [-0.39, 0.29) is 5.91 Å². The number of nitrogens with two attached hydrogens (primary N) is 1. The molecule has 3 N–H and O–H groups in total. The van der Waals surface area contributed by atoms with Crippen LogP contribution in [0.4, 0.5) is 5.82 Å². The third-order valence-electron chi connectivity index (χ3n) is 4.70. The zero-order valence-corrected chi connectivity index (χ0v) is 12.5. The summed E-state index contributed by atoms with van der Waals surface area (Å²) in [6.07, 6.45) is 3.63. The van der Waals surface area contributed by atoms with E-state index in [1.165, 1.54) is 12.8 Å². The van der Waals surface area contributed by atoms with E-state index in [1.807, 2.05) is 13.0 Å². The molecule has 1 aromatic heterocycles. The van der Waals surface area contributed by atoms with Crippen molar-refractivity contribution < 1.29 is 4.79 Å². The molecule has 3 rings (SSSR count). The average molecular weight is 289 g/mol. The molecular formula is C15H23N5O. The molecule has 2 aliphatic rings. The highest BCUT2D eigenvalue weighted by Crippen LogP contribution is 2.36. The molecule has 1 aromatic rings. The normalized spacial score (nSPS) is 28.3. The number of carbonyl (C=O) groups is 1. The number of hydrogen-bond donors (Lipinski definition) is 2. The molecule has 21 heavy (non-hydrogen) atoms. The second-order valence-corrected chi connectivity index (χ2v) is 6.06. The van der Waals surface area contributed by atoms with Gasteiger partial charge in [0.25, 0.3) is 5.91 Å². The Balaban J connectivity index is 1.69. The number of aromatic nitrogens is 2. The van der Waals surface area contributed by atoms with Crippen LogP contribution in [0, 0.1) is 11.8 Å². The van der Waals surface area contributed by atoms with Crippen molar-refractivity contribution in [3.05, 3.63) is 17.8 Å². The van der Waals surface area contributed by atoms with Crippen LogP contribution in [0.15, 0.2) is 12.1 Å². The maximum Gasteiger partial charge on any atom is 0.271 e. The molecular weight excluding hydrogens is 266 g/mol. The van der Waals surface area contributed by atoms with E-state index in [0.29, 0.717) is 30.1 Å². The summed E-state index contributed by atoms with van der Waals surface area (Å²) in [7, 11) is 0. The van der Waals surface area contributed by atoms with Crippen molar-refractivity contribution in [3.63, 3.8) is 0 Å². The number of fused-ring (bicyclic) bond motifs is 1. The lowest BCUT2D eigenvalue weighted by Crippen LogP contribution is -2.38. The van der Waals surface area contributed by atoms with E-state index in [2.05, 4.69) is 20.4 Å². The fourth-order valence-electron chi connectivity index (χ4n) is 3.57. The second kappa shape index (κ2) is 5.97. The minimum absolute atomic E-state index is 0.173. The summed E-state index contributed by atoms with van der Waals surface area (Å²) in [5, 5.41) is 11.0. The van der Waals surface area contributed by atoms with E-state index < -0.39 is 0 Å². The van der Waals surface area contributed by atoms with Gasteiger partial charge in [0.2, 0.25) is 0 Å². The predicted molar refractivity (Wildman–Crippen MR) is 81.1 cm³/mol. The van der Waals surface area contributed by atoms with Gasteiger partial charge in [-0.15, -0.1) is 10.2 Å². The van der Waals surface area contributed by atoms with Gasteiger partial charge in [0.1, 0.15) is 0 Å². The highest BCUT2D eigenvalue weighted by molar-refractivity contribution is 5.92. The lowest BCUT2D eigenvalue weighted by Gasteiger charge is -2.29. The summed E-state index contributed by atoms with van der Waals surface area (Å²) >= 11 is 0. The molecule has 0 aromatic carbocycles. The van der Waals surface area contributed by atoms with E-state index in [4.69, 9.17) is 5.73 Å². The molecule has 1 saturated carbocycles. The van der Waals surface area contributed by atoms with Crippen LogP contribution in [0.1, 0.15) is 36.7 Å². The van der Waals surface area contributed by atoms with Crippen LogP contribution in [-0.2, 0) is 0 Å². The number of anilines is 1. The zero-order valence-electron chi connectivity index (χ0n) is 12.5. The molecule has 114 valence electrons. The molecule has 6 heteroatoms. The van der Waals surface area contributed by atoms with Gasteiger partial charge in [-0.1, -0.05) is 6.42 Å². The fraction of sp³-hybridized carbons (Fsp3) is 0.667. The Morgan fingerprint density at radius 2 is 2.24 bits per heavy atom. The van der Waals surface area contributed by atoms with E-state index in [9.17, 15) is 4.79 Å². The molecule has 6 nitrogen and oxygen atoms in total. The van der Waals surface area contributed by atoms with E-state index in [1.54, 1.807) is 6.07 Å². The Bertz CT molecular complexity index is 503. The molecule has 0 bridgehead atoms. The summed E-state index contributed by atoms with van der Waals surface area (Å²) < 4.78 is 0. The summed E-state index contributed by atoms with van der Waals surface area (Å²) in [5.74, 6) is 1.93. The largest absolute Gasteiger partial charge is 0.354 e. The molecule has 3 atom stereocenters. The van der Waals surface area contributed by atoms with Crippen LogP contribution >= 0.6 is 0 Å². The number of hydrogen-bond acceptors (Lipinski definition) is 5. The first-order valence-electron chi connectivity index (χ1n) is 7.81. The molecule has 1 aliphatic carbocycles. The van der Waals surface area contributed by atoms with Crippen LogP contribution < -0.4 is 16.0 Å². The molecule has 0 spiro atoms. The Kier molecular flexibility index (Phi) is 4.05. The topological polar surface area (TPSA) is 84.1 Å². The Labute approximate surface area is 125 Å². The number of amides is 1. The average Bonchev–Trinajstić information content (AvgIpc) is 2.93. The van der Waals surface area contributed by atoms with Gasteiger partial charge in [0, 0.05) is 25.7 Å². The third-order valence-corrected chi connectivity index (χ3v) is 4.70. The zero-order chi connectivity index (χ0) is 14.8. The number of rotatable bonds is 3. The van der Waals surface area contributed by atoms with Crippen LogP contribution in [0.3, 0.4) is 0 Å². The van der Waals surface area contributed by atoms with Crippen molar-refractivity contribution >= 4 is 11.7 Å². The first kappa shape index (κ1) is 14.3. The smallest absolute Gasteiger partial charge is 0.271 e. The van der Waals surface area contributed by atoms with Crippen molar-refractivity contribution in [1.29, 1.82) is 0 Å². The minimum atomic E-state index is -0.173. The number of nitrogens with one attached hydrogen (secondary N) is 1. The van der Waals surface area contributed by atoms with Crippen LogP contribution in [0.25, 0.3) is 0 Å². The summed E-state index contributed by atoms with van der Waals surface area (Å²) in [5.41, 5.74) is 6.61. The number of carbonyl (C=O) groups excluding carboxylic acids is 1. The highest BCUT2D eigenvalue weighted by atomic mass is 16.1. The highest BCUT2D eigenvalue weighted by Gasteiger charge is 2.39. The van der Waals surface area contributed by atoms with Crippen LogP contribution in [-0.4, -0.2) is 41.8 Å². The van der Waals surface area contributed by atoms with Gasteiger partial charge in [0.05, 0.1) is 0 Å². The lowest BCUT2D eigenvalue weighted by atomic mass is 9.78. The Hall–Kier alpha value is -1.69. The molecule has 2 fully saturated rings. The lowest BCUT2D eigenvalue weighted by molar-refractivity contribution is 0.0950. The van der Waals surface area contributed by atoms with Crippen LogP contribution in [0.5, 0.6) is 0 Å². The standard InChI is InChI=1S/C15H23N5O/c1-2-17-15(21)13-6-7-14(19-18-13)20-8-10-4-3-5-12(16)11(10)9-20/h6-7,10-12H,2-5,8-9,16H2,1H3,(H,17,21). The van der Waals surface area contributed by atoms with Gasteiger partial charge < -0.3 is 16.0 Å². The maximum absolute atomic E-state index is 11.7. The van der Waals surface area contributed by atoms with Crippen LogP contribution in [0.2, 0.25) is 0 Å². The van der Waals surface area contributed by atoms with Gasteiger partial charge in [0.15, 0.2) is 11.5 Å². The summed E-state index contributed by atoms with van der Waals surface area (Å²) in [4.78, 5) is 13.9. The first-order valence-corrected chi connectivity index (χ1v) is 7.81. The van der Waals surface area contributed by atoms with E-state index in [0.717, 1.165) is 25.3 Å². The first-order chi connectivity index (χ1) is 10.2. The third kappa shape index (κ3) is 2.85. The van der Waals surface area contributed by atoms with Crippen molar-refractivity contribution in [1.82, 2.24) is 15.5 Å². The summed E-state index contributed by atoms with van der Waals surface area (Å²) in [6, 6.07) is 3.95. The second-order valence-electron chi connectivity index (χ2n) is 6.06. The van der Waals surface area contributed by atoms with Gasteiger partial charge >= 0.3 is 0 Å². The van der Waals surface area contributed by atoms with Gasteiger partial charge in [-0.2, -0.15) is 0 Å². The van der Waals surface area contributed by atoms with Crippen molar-refractivity contribution in [3.8, 4) is 0 Å². The quantitative estimate of drug-likeness (QED) is 0.859. The van der Waals surface area contributed by atoms with Crippen molar-refractivity contribution in [2.45, 2.75) is 32.2 Å². The maximum atomic E-state index is 11.7. The summed E-state index contributed by atoms with van der Waals surface area (Å²) in [6.45, 7) is 4.44. The SMILES string of the molecule is CCNC(=O)c1ccc(N2CC3CCCC(N)C3C2)nn1. The molecule has 1 saturated heterocycles. The molecule has 2 heterocycles. The molecule has 1 aliphatic heterocycles. The number of nitrogens with zero attached hydrogens (tertiary/aromatic N) is 3. The molecule has 1 amide bonds. The monoisotopic (exact) mass is 289 g/mol. The van der Waals surface area contributed by atoms with Crippen molar-refractivity contribution in [2.24, 2.45) is 17.6 Å². The van der Waals surface area contributed by atoms with Crippen molar-refractivity contribution in [2.75, 3.05) is 24.5 Å². The predicted octanol–water partition coefficient (Wildman–Crippen LogP) is 0.790. The molecule has 0 radical (unpaired) electrons. The molecule has 3 unspecified atom stereocenters. The van der Waals surface area contributed by atoms with E-state index >= 15 is 0 Å². The van der Waals surface area contributed by atoms with Gasteiger partial charge in [-0.3, -0.25) is 4.79 Å². The van der Waals surface area contributed by atoms with Gasteiger partial charge in [-0.05, 0) is 43.7 Å². The fourth-order valence-corrected chi connectivity index (χ4v) is 3.57. The Morgan fingerprint density at radius 1 is 1.38 bits per heavy atom.